The number of carbonyl (C=O) groups excluding carboxylic acids is 1. The smallest absolute Gasteiger partial charge is 0.372 e. The maximum atomic E-state index is 12.9. The van der Waals surface area contributed by atoms with E-state index in [9.17, 15) is 18.0 Å². The lowest BCUT2D eigenvalue weighted by Gasteiger charge is -2.35. The van der Waals surface area contributed by atoms with Crippen molar-refractivity contribution in [3.8, 4) is 0 Å². The number of nitrogens with zero attached hydrogens (tertiary/aromatic N) is 1. The average molecular weight is 465 g/mol. The molecule has 1 aliphatic rings. The van der Waals surface area contributed by atoms with E-state index in [0.717, 1.165) is 25.0 Å². The molecule has 1 aliphatic heterocycles. The summed E-state index contributed by atoms with van der Waals surface area (Å²) >= 11 is 6.02. The third kappa shape index (κ3) is 6.87. The second kappa shape index (κ2) is 11.3. The number of benzene rings is 1. The van der Waals surface area contributed by atoms with Crippen LogP contribution in [0.4, 0.5) is 18.9 Å². The highest BCUT2D eigenvalue weighted by Crippen LogP contribution is 2.34. The van der Waals surface area contributed by atoms with E-state index >= 15 is 0 Å². The Morgan fingerprint density at radius 1 is 1.21 bits per heavy atom. The summed E-state index contributed by atoms with van der Waals surface area (Å²) in [7, 11) is 1.91. The standard InChI is InChI=1S/C18H25ClF3N3O.2ClH/c1-11(2)16(17(26)25-8-6-13(23-3)7-9-25)24-15-5-4-12(10-14(15)19)18(20,21)22;;/h4-5,10-11,13,16,23-24H,6-9H2,1-3H3;2*1H. The summed E-state index contributed by atoms with van der Waals surface area (Å²) in [6.07, 6.45) is -2.69. The average Bonchev–Trinajstić information content (AvgIpc) is 2.59. The molecule has 162 valence electrons. The summed E-state index contributed by atoms with van der Waals surface area (Å²) in [6, 6.07) is 2.99. The number of alkyl halides is 3. The summed E-state index contributed by atoms with van der Waals surface area (Å²) in [5.41, 5.74) is -0.480. The molecule has 0 radical (unpaired) electrons. The Bertz CT molecular complexity index is 636. The largest absolute Gasteiger partial charge is 0.416 e. The van der Waals surface area contributed by atoms with E-state index in [4.69, 9.17) is 11.6 Å². The number of likely N-dealkylation sites (tertiary alicyclic amines) is 1. The number of piperidine rings is 1. The third-order valence-electron chi connectivity index (χ3n) is 4.76. The molecule has 1 atom stereocenters. The van der Waals surface area contributed by atoms with Crippen molar-refractivity contribution in [1.29, 1.82) is 0 Å². The minimum Gasteiger partial charge on any atom is -0.372 e. The monoisotopic (exact) mass is 463 g/mol. The number of rotatable bonds is 5. The highest BCUT2D eigenvalue weighted by Gasteiger charge is 2.32. The van der Waals surface area contributed by atoms with Crippen LogP contribution in [0.15, 0.2) is 18.2 Å². The summed E-state index contributed by atoms with van der Waals surface area (Å²) in [5, 5.41) is 6.21. The molecule has 0 aromatic heterocycles. The fourth-order valence-corrected chi connectivity index (χ4v) is 3.31. The van der Waals surface area contributed by atoms with Gasteiger partial charge in [-0.15, -0.1) is 24.8 Å². The van der Waals surface area contributed by atoms with Crippen molar-refractivity contribution in [1.82, 2.24) is 10.2 Å². The molecule has 2 rings (SSSR count). The Balaban J connectivity index is 0.00000364. The zero-order valence-corrected chi connectivity index (χ0v) is 18.4. The molecule has 1 unspecified atom stereocenters. The van der Waals surface area contributed by atoms with Crippen molar-refractivity contribution in [3.05, 3.63) is 28.8 Å². The van der Waals surface area contributed by atoms with Gasteiger partial charge in [-0.3, -0.25) is 4.79 Å². The molecule has 1 fully saturated rings. The van der Waals surface area contributed by atoms with E-state index in [0.29, 0.717) is 24.8 Å². The Kier molecular flexibility index (Phi) is 11.0. The fraction of sp³-hybridized carbons (Fsp3) is 0.611. The lowest BCUT2D eigenvalue weighted by atomic mass is 9.99. The predicted octanol–water partition coefficient (Wildman–Crippen LogP) is 4.85. The zero-order valence-electron chi connectivity index (χ0n) is 16.0. The van der Waals surface area contributed by atoms with Crippen molar-refractivity contribution in [2.75, 3.05) is 25.5 Å². The molecule has 0 saturated carbocycles. The van der Waals surface area contributed by atoms with E-state index < -0.39 is 17.8 Å². The van der Waals surface area contributed by atoms with Gasteiger partial charge in [0.15, 0.2) is 0 Å². The Hall–Kier alpha value is -0.890. The molecule has 1 amide bonds. The third-order valence-corrected chi connectivity index (χ3v) is 5.07. The first-order valence-electron chi connectivity index (χ1n) is 8.72. The number of nitrogens with one attached hydrogen (secondary N) is 2. The van der Waals surface area contributed by atoms with Crippen molar-refractivity contribution in [3.63, 3.8) is 0 Å². The Labute approximate surface area is 181 Å². The highest BCUT2D eigenvalue weighted by atomic mass is 35.5. The van der Waals surface area contributed by atoms with Crippen LogP contribution in [0.5, 0.6) is 0 Å². The second-order valence-corrected chi connectivity index (χ2v) is 7.35. The summed E-state index contributed by atoms with van der Waals surface area (Å²) in [4.78, 5) is 14.7. The van der Waals surface area contributed by atoms with Crippen LogP contribution < -0.4 is 10.6 Å². The van der Waals surface area contributed by atoms with Crippen LogP contribution in [0.2, 0.25) is 5.02 Å². The highest BCUT2D eigenvalue weighted by molar-refractivity contribution is 6.33. The molecule has 1 heterocycles. The first-order valence-corrected chi connectivity index (χ1v) is 9.10. The maximum absolute atomic E-state index is 12.9. The Morgan fingerprint density at radius 3 is 2.21 bits per heavy atom. The minimum atomic E-state index is -4.45. The van der Waals surface area contributed by atoms with E-state index in [1.54, 1.807) is 0 Å². The van der Waals surface area contributed by atoms with Gasteiger partial charge < -0.3 is 15.5 Å². The van der Waals surface area contributed by atoms with Crippen LogP contribution in [-0.2, 0) is 11.0 Å². The van der Waals surface area contributed by atoms with Gasteiger partial charge >= 0.3 is 6.18 Å². The van der Waals surface area contributed by atoms with Crippen molar-refractivity contribution in [2.24, 2.45) is 5.92 Å². The zero-order chi connectivity index (χ0) is 19.5. The summed E-state index contributed by atoms with van der Waals surface area (Å²) in [6.45, 7) is 5.12. The number of halogens is 6. The van der Waals surface area contributed by atoms with Gasteiger partial charge in [0.2, 0.25) is 5.91 Å². The van der Waals surface area contributed by atoms with Crippen LogP contribution in [0.3, 0.4) is 0 Å². The molecular weight excluding hydrogens is 438 g/mol. The maximum Gasteiger partial charge on any atom is 0.416 e. The molecule has 0 aliphatic carbocycles. The molecule has 1 aromatic rings. The Morgan fingerprint density at radius 2 is 1.79 bits per heavy atom. The second-order valence-electron chi connectivity index (χ2n) is 6.95. The number of amides is 1. The van der Waals surface area contributed by atoms with Gasteiger partial charge in [0.05, 0.1) is 16.3 Å². The fourth-order valence-electron chi connectivity index (χ4n) is 3.07. The van der Waals surface area contributed by atoms with Crippen molar-refractivity contribution in [2.45, 2.75) is 44.9 Å². The molecule has 0 bridgehead atoms. The SMILES string of the molecule is CNC1CCN(C(=O)C(Nc2ccc(C(F)(F)F)cc2Cl)C(C)C)CC1.Cl.Cl. The van der Waals surface area contributed by atoms with Gasteiger partial charge in [-0.05, 0) is 44.0 Å². The minimum absolute atomic E-state index is 0. The molecular formula is C18H27Cl3F3N3O. The number of hydrogen-bond acceptors (Lipinski definition) is 3. The normalized spacial score (nSPS) is 16.2. The van der Waals surface area contributed by atoms with Gasteiger partial charge in [-0.2, -0.15) is 13.2 Å². The molecule has 1 saturated heterocycles. The molecule has 1 aromatic carbocycles. The van der Waals surface area contributed by atoms with Crippen LogP contribution >= 0.6 is 36.4 Å². The summed E-state index contributed by atoms with van der Waals surface area (Å²) in [5.74, 6) is -0.0894. The van der Waals surface area contributed by atoms with E-state index in [1.807, 2.05) is 25.8 Å². The van der Waals surface area contributed by atoms with Gasteiger partial charge in [0, 0.05) is 19.1 Å². The quantitative estimate of drug-likeness (QED) is 0.655. The van der Waals surface area contributed by atoms with Gasteiger partial charge in [0.25, 0.3) is 0 Å². The topological polar surface area (TPSA) is 44.4 Å². The van der Waals surface area contributed by atoms with E-state index in [-0.39, 0.29) is 41.7 Å². The van der Waals surface area contributed by atoms with Crippen LogP contribution in [-0.4, -0.2) is 43.0 Å². The van der Waals surface area contributed by atoms with Gasteiger partial charge in [0.1, 0.15) is 6.04 Å². The van der Waals surface area contributed by atoms with Crippen LogP contribution in [0, 0.1) is 5.92 Å². The first kappa shape index (κ1) is 27.1. The lowest BCUT2D eigenvalue weighted by molar-refractivity contribution is -0.137. The number of hydrogen-bond donors (Lipinski definition) is 2. The predicted molar refractivity (Wildman–Crippen MR) is 112 cm³/mol. The first-order chi connectivity index (χ1) is 12.1. The molecule has 4 nitrogen and oxygen atoms in total. The molecule has 28 heavy (non-hydrogen) atoms. The summed E-state index contributed by atoms with van der Waals surface area (Å²) < 4.78 is 38.3. The molecule has 0 spiro atoms. The van der Waals surface area contributed by atoms with Crippen LogP contribution in [0.25, 0.3) is 0 Å². The molecule has 2 N–H and O–H groups in total. The molecule has 10 heteroatoms. The van der Waals surface area contributed by atoms with Gasteiger partial charge in [-0.1, -0.05) is 25.4 Å². The van der Waals surface area contributed by atoms with Crippen molar-refractivity contribution >= 4 is 48.0 Å². The van der Waals surface area contributed by atoms with Crippen LogP contribution in [0.1, 0.15) is 32.3 Å². The van der Waals surface area contributed by atoms with Gasteiger partial charge in [-0.25, -0.2) is 0 Å². The number of anilines is 1. The van der Waals surface area contributed by atoms with E-state index in [1.165, 1.54) is 6.07 Å². The van der Waals surface area contributed by atoms with E-state index in [2.05, 4.69) is 10.6 Å². The lowest BCUT2D eigenvalue weighted by Crippen LogP contribution is -2.50. The number of carbonyl (C=O) groups is 1. The van der Waals surface area contributed by atoms with Crippen molar-refractivity contribution < 1.29 is 18.0 Å².